The Morgan fingerprint density at radius 1 is 0.852 bits per heavy atom. The van der Waals surface area contributed by atoms with E-state index in [1.54, 1.807) is 18.2 Å². The summed E-state index contributed by atoms with van der Waals surface area (Å²) in [6.45, 7) is 0. The summed E-state index contributed by atoms with van der Waals surface area (Å²) in [7, 11) is 0. The number of nitrogens with zero attached hydrogens (tertiary/aromatic N) is 1. The van der Waals surface area contributed by atoms with Crippen LogP contribution in [-0.2, 0) is 11.0 Å². The predicted octanol–water partition coefficient (Wildman–Crippen LogP) is 5.77. The zero-order chi connectivity index (χ0) is 19.3. The zero-order valence-electron chi connectivity index (χ0n) is 14.1. The van der Waals surface area contributed by atoms with Crippen molar-refractivity contribution in [3.63, 3.8) is 0 Å². The van der Waals surface area contributed by atoms with Crippen LogP contribution in [0.1, 0.15) is 11.1 Å². The van der Waals surface area contributed by atoms with Crippen molar-refractivity contribution in [2.24, 2.45) is 4.99 Å². The van der Waals surface area contributed by atoms with E-state index in [9.17, 15) is 18.0 Å². The van der Waals surface area contributed by atoms with Gasteiger partial charge in [-0.2, -0.15) is 13.2 Å². The Labute approximate surface area is 154 Å². The van der Waals surface area contributed by atoms with Crippen LogP contribution in [-0.4, -0.2) is 12.0 Å². The highest BCUT2D eigenvalue weighted by Crippen LogP contribution is 2.30. The molecule has 3 aromatic carbocycles. The molecule has 3 nitrogen and oxygen atoms in total. The molecule has 0 unspecified atom stereocenters. The van der Waals surface area contributed by atoms with Crippen LogP contribution >= 0.6 is 0 Å². The second-order valence-corrected chi connectivity index (χ2v) is 5.70. The van der Waals surface area contributed by atoms with Gasteiger partial charge in [-0.25, -0.2) is 4.99 Å². The van der Waals surface area contributed by atoms with Gasteiger partial charge < -0.3 is 5.32 Å². The number of nitrogens with one attached hydrogen (secondary N) is 1. The van der Waals surface area contributed by atoms with Crippen LogP contribution < -0.4 is 5.32 Å². The molecular weight excluding hydrogens is 353 g/mol. The summed E-state index contributed by atoms with van der Waals surface area (Å²) in [5.74, 6) is 0. The van der Waals surface area contributed by atoms with E-state index < -0.39 is 11.7 Å². The normalized spacial score (nSPS) is 11.9. The lowest BCUT2D eigenvalue weighted by Crippen LogP contribution is -2.06. The lowest BCUT2D eigenvalue weighted by molar-refractivity contribution is -0.137. The van der Waals surface area contributed by atoms with E-state index in [1.807, 2.05) is 36.4 Å². The second kappa shape index (κ2) is 7.86. The van der Waals surface area contributed by atoms with Crippen LogP contribution in [0.25, 0.3) is 0 Å². The van der Waals surface area contributed by atoms with E-state index in [0.717, 1.165) is 17.8 Å². The number of para-hydroxylation sites is 2. The maximum absolute atomic E-state index is 12.7. The number of hydrogen-bond acceptors (Lipinski definition) is 3. The van der Waals surface area contributed by atoms with E-state index in [1.165, 1.54) is 12.1 Å². The fourth-order valence-corrected chi connectivity index (χ4v) is 2.51. The molecule has 1 N–H and O–H groups in total. The van der Waals surface area contributed by atoms with E-state index in [2.05, 4.69) is 10.3 Å². The molecule has 0 amide bonds. The molecule has 136 valence electrons. The van der Waals surface area contributed by atoms with Crippen molar-refractivity contribution in [3.05, 3.63) is 90.0 Å². The van der Waals surface area contributed by atoms with Crippen molar-refractivity contribution in [3.8, 4) is 0 Å². The number of alkyl halides is 3. The van der Waals surface area contributed by atoms with Crippen molar-refractivity contribution in [2.75, 3.05) is 5.32 Å². The van der Waals surface area contributed by atoms with Crippen LogP contribution in [0.5, 0.6) is 0 Å². The highest BCUT2D eigenvalue weighted by atomic mass is 19.4. The number of hydrogen-bond donors (Lipinski definition) is 1. The first-order valence-electron chi connectivity index (χ1n) is 8.10. The predicted molar refractivity (Wildman–Crippen MR) is 99.9 cm³/mol. The van der Waals surface area contributed by atoms with E-state index in [-0.39, 0.29) is 11.4 Å². The Morgan fingerprint density at radius 2 is 1.48 bits per heavy atom. The minimum Gasteiger partial charge on any atom is -0.355 e. The number of aldehydes is 1. The van der Waals surface area contributed by atoms with Gasteiger partial charge in [0.05, 0.1) is 11.3 Å². The summed E-state index contributed by atoms with van der Waals surface area (Å²) in [6.07, 6.45) is -3.83. The Hall–Kier alpha value is -3.41. The molecule has 0 saturated heterocycles. The summed E-state index contributed by atoms with van der Waals surface area (Å²) >= 11 is 0. The van der Waals surface area contributed by atoms with Crippen molar-refractivity contribution < 1.29 is 18.0 Å². The summed E-state index contributed by atoms with van der Waals surface area (Å²) in [5.41, 5.74) is 1.68. The molecule has 0 radical (unpaired) electrons. The first-order chi connectivity index (χ1) is 13.0. The monoisotopic (exact) mass is 368 g/mol. The standard InChI is InChI=1S/C21H15F3N2O/c22-21(23,24)15-10-12-17(13-11-15)26-20(14-27)18-8-4-5-9-19(18)25-16-6-2-1-3-7-16/h1-14,25H. The Balaban J connectivity index is 1.94. The first-order valence-corrected chi connectivity index (χ1v) is 8.10. The molecule has 0 aliphatic heterocycles. The van der Waals surface area contributed by atoms with Gasteiger partial charge >= 0.3 is 6.18 Å². The second-order valence-electron chi connectivity index (χ2n) is 5.70. The van der Waals surface area contributed by atoms with E-state index >= 15 is 0 Å². The molecular formula is C21H15F3N2O. The van der Waals surface area contributed by atoms with Crippen LogP contribution in [0.3, 0.4) is 0 Å². The van der Waals surface area contributed by atoms with Crippen LogP contribution in [0.15, 0.2) is 83.9 Å². The maximum atomic E-state index is 12.7. The van der Waals surface area contributed by atoms with Crippen molar-refractivity contribution in [1.29, 1.82) is 0 Å². The van der Waals surface area contributed by atoms with Crippen molar-refractivity contribution in [1.82, 2.24) is 0 Å². The fourth-order valence-electron chi connectivity index (χ4n) is 2.51. The van der Waals surface area contributed by atoms with E-state index in [4.69, 9.17) is 0 Å². The van der Waals surface area contributed by atoms with Gasteiger partial charge in [-0.05, 0) is 42.5 Å². The maximum Gasteiger partial charge on any atom is 0.416 e. The minimum absolute atomic E-state index is 0.119. The lowest BCUT2D eigenvalue weighted by Gasteiger charge is -2.11. The lowest BCUT2D eigenvalue weighted by atomic mass is 10.1. The minimum atomic E-state index is -4.41. The van der Waals surface area contributed by atoms with Gasteiger partial charge in [0, 0.05) is 16.9 Å². The molecule has 27 heavy (non-hydrogen) atoms. The summed E-state index contributed by atoms with van der Waals surface area (Å²) < 4.78 is 38.0. The average Bonchev–Trinajstić information content (AvgIpc) is 2.67. The summed E-state index contributed by atoms with van der Waals surface area (Å²) in [5, 5.41) is 3.21. The van der Waals surface area contributed by atoms with Crippen molar-refractivity contribution >= 4 is 29.1 Å². The average molecular weight is 368 g/mol. The molecule has 0 atom stereocenters. The molecule has 6 heteroatoms. The topological polar surface area (TPSA) is 41.5 Å². The molecule has 0 bridgehead atoms. The SMILES string of the molecule is O=CC(=Nc1ccc(C(F)(F)F)cc1)c1ccccc1Nc1ccccc1. The molecule has 0 aliphatic carbocycles. The van der Waals surface area contributed by atoms with Gasteiger partial charge in [-0.3, -0.25) is 4.79 Å². The Kier molecular flexibility index (Phi) is 5.35. The highest BCUT2D eigenvalue weighted by molar-refractivity contribution is 6.38. The third-order valence-corrected chi connectivity index (χ3v) is 3.81. The number of carbonyl (C=O) groups is 1. The van der Waals surface area contributed by atoms with Crippen LogP contribution in [0, 0.1) is 0 Å². The van der Waals surface area contributed by atoms with Gasteiger partial charge in [-0.15, -0.1) is 0 Å². The number of halogens is 3. The van der Waals surface area contributed by atoms with Gasteiger partial charge in [0.15, 0.2) is 6.29 Å². The van der Waals surface area contributed by atoms with Gasteiger partial charge in [-0.1, -0.05) is 36.4 Å². The molecule has 0 aromatic heterocycles. The van der Waals surface area contributed by atoms with Gasteiger partial charge in [0.25, 0.3) is 0 Å². The quantitative estimate of drug-likeness (QED) is 0.459. The molecule has 0 spiro atoms. The first kappa shape index (κ1) is 18.4. The van der Waals surface area contributed by atoms with Crippen LogP contribution in [0.2, 0.25) is 0 Å². The molecule has 0 heterocycles. The molecule has 0 saturated carbocycles. The van der Waals surface area contributed by atoms with E-state index in [0.29, 0.717) is 17.5 Å². The smallest absolute Gasteiger partial charge is 0.355 e. The Bertz CT molecular complexity index is 949. The van der Waals surface area contributed by atoms with Gasteiger partial charge in [0.2, 0.25) is 0 Å². The molecule has 0 fully saturated rings. The summed E-state index contributed by atoms with van der Waals surface area (Å²) in [4.78, 5) is 15.8. The Morgan fingerprint density at radius 3 is 2.11 bits per heavy atom. The number of carbonyl (C=O) groups excluding carboxylic acids is 1. The largest absolute Gasteiger partial charge is 0.416 e. The third-order valence-electron chi connectivity index (χ3n) is 3.81. The number of anilines is 2. The highest BCUT2D eigenvalue weighted by Gasteiger charge is 2.29. The van der Waals surface area contributed by atoms with Gasteiger partial charge in [0.1, 0.15) is 5.71 Å². The molecule has 0 aliphatic rings. The zero-order valence-corrected chi connectivity index (χ0v) is 14.1. The number of aliphatic imine (C=N–C) groups is 1. The third kappa shape index (κ3) is 4.61. The molecule has 3 aromatic rings. The van der Waals surface area contributed by atoms with Crippen LogP contribution in [0.4, 0.5) is 30.2 Å². The molecule has 3 rings (SSSR count). The fraction of sp³-hybridized carbons (Fsp3) is 0.0476. The number of rotatable bonds is 5. The summed E-state index contributed by atoms with van der Waals surface area (Å²) in [6, 6.07) is 20.9. The van der Waals surface area contributed by atoms with Crippen molar-refractivity contribution in [2.45, 2.75) is 6.18 Å². The number of benzene rings is 3.